The van der Waals surface area contributed by atoms with E-state index in [0.717, 1.165) is 16.5 Å². The fourth-order valence-corrected chi connectivity index (χ4v) is 1.65. The quantitative estimate of drug-likeness (QED) is 0.808. The van der Waals surface area contributed by atoms with Crippen molar-refractivity contribution < 1.29 is 4.79 Å². The van der Waals surface area contributed by atoms with Crippen molar-refractivity contribution in [3.05, 3.63) is 54.7 Å². The monoisotopic (exact) mass is 226 g/mol. The lowest BCUT2D eigenvalue weighted by Crippen LogP contribution is -2.23. The van der Waals surface area contributed by atoms with Crippen molar-refractivity contribution >= 4 is 22.5 Å². The molecule has 17 heavy (non-hydrogen) atoms. The Morgan fingerprint density at radius 3 is 2.71 bits per heavy atom. The molecule has 0 aromatic heterocycles. The number of anilines is 1. The van der Waals surface area contributed by atoms with Crippen LogP contribution in [0.2, 0.25) is 0 Å². The minimum absolute atomic E-state index is 0.237. The molecule has 2 N–H and O–H groups in total. The molecule has 0 saturated heterocycles. The SMILES string of the molecule is C/C=C/NC(=O)Nc1cccc2ccccc12. The van der Waals surface area contributed by atoms with E-state index in [1.165, 1.54) is 0 Å². The molecule has 0 aliphatic rings. The molecule has 0 radical (unpaired) electrons. The molecule has 3 nitrogen and oxygen atoms in total. The summed E-state index contributed by atoms with van der Waals surface area (Å²) in [5.74, 6) is 0. The van der Waals surface area contributed by atoms with Crippen molar-refractivity contribution in [3.63, 3.8) is 0 Å². The first-order valence-electron chi connectivity index (χ1n) is 5.47. The molecule has 0 heterocycles. The van der Waals surface area contributed by atoms with Gasteiger partial charge in [0.15, 0.2) is 0 Å². The molecule has 2 rings (SSSR count). The van der Waals surface area contributed by atoms with Gasteiger partial charge in [-0.05, 0) is 18.4 Å². The largest absolute Gasteiger partial charge is 0.323 e. The van der Waals surface area contributed by atoms with Crippen LogP contribution in [0.5, 0.6) is 0 Å². The highest BCUT2D eigenvalue weighted by Gasteiger charge is 2.02. The number of carbonyl (C=O) groups is 1. The van der Waals surface area contributed by atoms with E-state index in [2.05, 4.69) is 10.6 Å². The first kappa shape index (κ1) is 11.2. The summed E-state index contributed by atoms with van der Waals surface area (Å²) >= 11 is 0. The molecule has 0 atom stereocenters. The fraction of sp³-hybridized carbons (Fsp3) is 0.0714. The van der Waals surface area contributed by atoms with Gasteiger partial charge in [-0.1, -0.05) is 42.5 Å². The standard InChI is InChI=1S/C14H14N2O/c1-2-10-15-14(17)16-13-9-5-7-11-6-3-4-8-12(11)13/h2-10H,1H3,(H2,15,16,17)/b10-2+. The lowest BCUT2D eigenvalue weighted by Gasteiger charge is -2.08. The number of fused-ring (bicyclic) bond motifs is 1. The molecule has 0 unspecified atom stereocenters. The molecule has 86 valence electrons. The number of amides is 2. The van der Waals surface area contributed by atoms with Gasteiger partial charge in [-0.2, -0.15) is 0 Å². The predicted octanol–water partition coefficient (Wildman–Crippen LogP) is 3.49. The fourth-order valence-electron chi connectivity index (χ4n) is 1.65. The van der Waals surface area contributed by atoms with Crippen LogP contribution in [0.25, 0.3) is 10.8 Å². The van der Waals surface area contributed by atoms with Crippen LogP contribution in [0, 0.1) is 0 Å². The van der Waals surface area contributed by atoms with E-state index in [9.17, 15) is 4.79 Å². The number of hydrogen-bond donors (Lipinski definition) is 2. The van der Waals surface area contributed by atoms with Crippen LogP contribution < -0.4 is 10.6 Å². The van der Waals surface area contributed by atoms with E-state index in [0.29, 0.717) is 0 Å². The maximum absolute atomic E-state index is 11.5. The summed E-state index contributed by atoms with van der Waals surface area (Å²) in [4.78, 5) is 11.5. The molecule has 2 aromatic rings. The normalized spacial score (nSPS) is 10.6. The minimum atomic E-state index is -0.237. The summed E-state index contributed by atoms with van der Waals surface area (Å²) in [5, 5.41) is 7.57. The smallest absolute Gasteiger partial charge is 0.315 e. The number of benzene rings is 2. The first-order valence-corrected chi connectivity index (χ1v) is 5.47. The first-order chi connectivity index (χ1) is 8.31. The van der Waals surface area contributed by atoms with Gasteiger partial charge < -0.3 is 10.6 Å². The molecular formula is C14H14N2O. The molecule has 0 bridgehead atoms. The van der Waals surface area contributed by atoms with E-state index in [1.54, 1.807) is 12.3 Å². The summed E-state index contributed by atoms with van der Waals surface area (Å²) in [6, 6.07) is 13.5. The molecule has 0 saturated carbocycles. The Morgan fingerprint density at radius 1 is 1.12 bits per heavy atom. The predicted molar refractivity (Wildman–Crippen MR) is 70.9 cm³/mol. The maximum atomic E-state index is 11.5. The van der Waals surface area contributed by atoms with E-state index in [-0.39, 0.29) is 6.03 Å². The van der Waals surface area contributed by atoms with Crippen LogP contribution in [-0.2, 0) is 0 Å². The van der Waals surface area contributed by atoms with Gasteiger partial charge in [0.1, 0.15) is 0 Å². The van der Waals surface area contributed by atoms with Gasteiger partial charge in [0, 0.05) is 11.6 Å². The van der Waals surface area contributed by atoms with Crippen LogP contribution in [-0.4, -0.2) is 6.03 Å². The van der Waals surface area contributed by atoms with E-state index in [1.807, 2.05) is 49.4 Å². The van der Waals surface area contributed by atoms with Gasteiger partial charge in [0.25, 0.3) is 0 Å². The number of urea groups is 1. The second-order valence-corrected chi connectivity index (χ2v) is 3.63. The maximum Gasteiger partial charge on any atom is 0.323 e. The molecule has 2 amide bonds. The molecule has 0 aliphatic carbocycles. The summed E-state index contributed by atoms with van der Waals surface area (Å²) in [7, 11) is 0. The zero-order valence-corrected chi connectivity index (χ0v) is 9.60. The summed E-state index contributed by atoms with van der Waals surface area (Å²) in [6.07, 6.45) is 3.36. The van der Waals surface area contributed by atoms with Crippen molar-refractivity contribution in [2.24, 2.45) is 0 Å². The summed E-state index contributed by atoms with van der Waals surface area (Å²) < 4.78 is 0. The van der Waals surface area contributed by atoms with Gasteiger partial charge in [-0.25, -0.2) is 4.79 Å². The minimum Gasteiger partial charge on any atom is -0.315 e. The van der Waals surface area contributed by atoms with Crippen LogP contribution in [0.3, 0.4) is 0 Å². The molecule has 0 aliphatic heterocycles. The van der Waals surface area contributed by atoms with Crippen molar-refractivity contribution in [3.8, 4) is 0 Å². The van der Waals surface area contributed by atoms with Gasteiger partial charge in [-0.15, -0.1) is 0 Å². The lowest BCUT2D eigenvalue weighted by molar-refractivity contribution is 0.255. The topological polar surface area (TPSA) is 41.1 Å². The third kappa shape index (κ3) is 2.64. The van der Waals surface area contributed by atoms with Gasteiger partial charge in [0.2, 0.25) is 0 Å². The van der Waals surface area contributed by atoms with Crippen molar-refractivity contribution in [2.45, 2.75) is 6.92 Å². The number of rotatable bonds is 2. The number of carbonyl (C=O) groups excluding carboxylic acids is 1. The third-order valence-corrected chi connectivity index (χ3v) is 2.42. The Bertz CT molecular complexity index is 556. The van der Waals surface area contributed by atoms with E-state index >= 15 is 0 Å². The highest BCUT2D eigenvalue weighted by molar-refractivity contribution is 6.01. The Kier molecular flexibility index (Phi) is 3.40. The van der Waals surface area contributed by atoms with Crippen molar-refractivity contribution in [1.82, 2.24) is 5.32 Å². The molecular weight excluding hydrogens is 212 g/mol. The van der Waals surface area contributed by atoms with Gasteiger partial charge in [-0.3, -0.25) is 0 Å². The van der Waals surface area contributed by atoms with Crippen LogP contribution >= 0.6 is 0 Å². The molecule has 0 fully saturated rings. The Labute approximate surface area is 100 Å². The van der Waals surface area contributed by atoms with Crippen LogP contribution in [0.15, 0.2) is 54.7 Å². The summed E-state index contributed by atoms with van der Waals surface area (Å²) in [5.41, 5.74) is 0.810. The highest BCUT2D eigenvalue weighted by atomic mass is 16.2. The number of hydrogen-bond acceptors (Lipinski definition) is 1. The Hall–Kier alpha value is -2.29. The van der Waals surface area contributed by atoms with Gasteiger partial charge in [0.05, 0.1) is 5.69 Å². The molecule has 3 heteroatoms. The average Bonchev–Trinajstić information content (AvgIpc) is 2.37. The second kappa shape index (κ2) is 5.16. The molecule has 0 spiro atoms. The van der Waals surface area contributed by atoms with Gasteiger partial charge >= 0.3 is 6.03 Å². The van der Waals surface area contributed by atoms with Crippen LogP contribution in [0.4, 0.5) is 10.5 Å². The number of allylic oxidation sites excluding steroid dienone is 1. The average molecular weight is 226 g/mol. The molecule has 2 aromatic carbocycles. The van der Waals surface area contributed by atoms with Crippen LogP contribution in [0.1, 0.15) is 6.92 Å². The highest BCUT2D eigenvalue weighted by Crippen LogP contribution is 2.22. The van der Waals surface area contributed by atoms with Crippen molar-refractivity contribution in [1.29, 1.82) is 0 Å². The Balaban J connectivity index is 2.27. The lowest BCUT2D eigenvalue weighted by atomic mass is 10.1. The third-order valence-electron chi connectivity index (χ3n) is 2.42. The number of nitrogens with one attached hydrogen (secondary N) is 2. The van der Waals surface area contributed by atoms with E-state index in [4.69, 9.17) is 0 Å². The Morgan fingerprint density at radius 2 is 1.88 bits per heavy atom. The second-order valence-electron chi connectivity index (χ2n) is 3.63. The zero-order chi connectivity index (χ0) is 12.1. The summed E-state index contributed by atoms with van der Waals surface area (Å²) in [6.45, 7) is 1.85. The zero-order valence-electron chi connectivity index (χ0n) is 9.60. The van der Waals surface area contributed by atoms with Crippen molar-refractivity contribution in [2.75, 3.05) is 5.32 Å². The van der Waals surface area contributed by atoms with E-state index < -0.39 is 0 Å².